The summed E-state index contributed by atoms with van der Waals surface area (Å²) in [5.41, 5.74) is 0. The molecule has 2 fully saturated rings. The summed E-state index contributed by atoms with van der Waals surface area (Å²) in [6.07, 6.45) is -6.95. The monoisotopic (exact) mass is 613 g/mol. The fraction of sp³-hybridized carbons (Fsp3) is 0.714. The standard InChI is InChI=1S/C21H32N3O12PS2/c1-7-31-37(38,32-8-2)23-22-21-24(16(29)10-39-21)20-19(35-14(6)28)18(34-13(5)27)17(33-12(4)26)15(36-20)9-30-11(3)25/h15,17-20H,7-10H2,1-6H3,(H,23,38)/b22-21-/t15-,17+,18+,19-,20-/m1/s1. The quantitative estimate of drug-likeness (QED) is 0.141. The molecule has 0 radical (unpaired) electrons. The van der Waals surface area contributed by atoms with E-state index in [1.165, 1.54) is 0 Å². The largest absolute Gasteiger partial charge is 0.463 e. The molecule has 2 aliphatic heterocycles. The van der Waals surface area contributed by atoms with Crippen LogP contribution in [0.15, 0.2) is 5.10 Å². The van der Waals surface area contributed by atoms with E-state index in [-0.39, 0.29) is 24.1 Å². The maximum absolute atomic E-state index is 13.1. The molecule has 18 heteroatoms. The van der Waals surface area contributed by atoms with Gasteiger partial charge in [0.05, 0.1) is 19.0 Å². The van der Waals surface area contributed by atoms with E-state index in [1.807, 2.05) is 0 Å². The first kappa shape index (κ1) is 32.9. The van der Waals surface area contributed by atoms with Crippen molar-refractivity contribution in [1.82, 2.24) is 10.1 Å². The first-order valence-electron chi connectivity index (χ1n) is 11.8. The van der Waals surface area contributed by atoms with E-state index in [0.29, 0.717) is 0 Å². The zero-order valence-corrected chi connectivity index (χ0v) is 24.8. The van der Waals surface area contributed by atoms with Crippen LogP contribution in [0.2, 0.25) is 0 Å². The van der Waals surface area contributed by atoms with Gasteiger partial charge in [-0.1, -0.05) is 11.8 Å². The smallest absolute Gasteiger partial charge is 0.303 e. The van der Waals surface area contributed by atoms with Crippen LogP contribution in [0.4, 0.5) is 0 Å². The van der Waals surface area contributed by atoms with E-state index >= 15 is 0 Å². The highest BCUT2D eigenvalue weighted by Gasteiger charge is 2.56. The van der Waals surface area contributed by atoms with Crippen LogP contribution in [0.1, 0.15) is 41.5 Å². The minimum absolute atomic E-state index is 0.0644. The SMILES string of the molecule is CCOP(=S)(N/N=C1\SCC(=O)N1[C@@H]1O[C@H](COC(C)=O)[C@H](OC(C)=O)[C@H](OC(C)=O)[C@H]1OC(C)=O)OCC. The van der Waals surface area contributed by atoms with Gasteiger partial charge in [0.25, 0.3) is 0 Å². The molecule has 39 heavy (non-hydrogen) atoms. The molecule has 5 atom stereocenters. The summed E-state index contributed by atoms with van der Waals surface area (Å²) in [6.45, 7) is 4.91. The molecule has 2 rings (SSSR count). The van der Waals surface area contributed by atoms with Gasteiger partial charge in [-0.15, -0.1) is 5.10 Å². The topological polar surface area (TPSA) is 178 Å². The number of ether oxygens (including phenoxy) is 5. The number of carbonyl (C=O) groups is 5. The number of nitrogens with one attached hydrogen (secondary N) is 1. The molecule has 0 unspecified atom stereocenters. The lowest BCUT2D eigenvalue weighted by Gasteiger charge is -2.46. The van der Waals surface area contributed by atoms with Crippen molar-refractivity contribution in [3.05, 3.63) is 0 Å². The number of thioether (sulfide) groups is 1. The number of hydrazone groups is 1. The van der Waals surface area contributed by atoms with Gasteiger partial charge in [0.1, 0.15) is 12.7 Å². The Morgan fingerprint density at radius 1 is 0.974 bits per heavy atom. The Labute approximate surface area is 234 Å². The van der Waals surface area contributed by atoms with Crippen LogP contribution >= 0.6 is 18.4 Å². The van der Waals surface area contributed by atoms with Crippen molar-refractivity contribution in [2.45, 2.75) is 72.2 Å². The van der Waals surface area contributed by atoms with Crippen molar-refractivity contribution in [2.75, 3.05) is 25.6 Å². The molecule has 0 spiro atoms. The number of esters is 4. The number of carbonyl (C=O) groups excluding carboxylic acids is 5. The number of amidine groups is 1. The van der Waals surface area contributed by atoms with Gasteiger partial charge in [-0.05, 0) is 25.7 Å². The number of amides is 1. The Bertz CT molecular complexity index is 1020. The third-order valence-electron chi connectivity index (χ3n) is 4.89. The third-order valence-corrected chi connectivity index (χ3v) is 8.24. The molecule has 0 saturated carbocycles. The Morgan fingerprint density at radius 3 is 2.03 bits per heavy atom. The van der Waals surface area contributed by atoms with Crippen LogP contribution in [-0.4, -0.2) is 96.1 Å². The fourth-order valence-corrected chi connectivity index (χ4v) is 6.42. The fourth-order valence-electron chi connectivity index (χ4n) is 3.66. The van der Waals surface area contributed by atoms with E-state index in [9.17, 15) is 24.0 Å². The van der Waals surface area contributed by atoms with Gasteiger partial charge in [0.2, 0.25) is 5.91 Å². The highest BCUT2D eigenvalue weighted by atomic mass is 32.5. The van der Waals surface area contributed by atoms with Crippen molar-refractivity contribution in [2.24, 2.45) is 5.10 Å². The van der Waals surface area contributed by atoms with Crippen LogP contribution in [-0.2, 0) is 68.5 Å². The highest BCUT2D eigenvalue weighted by molar-refractivity contribution is 8.15. The van der Waals surface area contributed by atoms with E-state index in [0.717, 1.165) is 44.4 Å². The highest BCUT2D eigenvalue weighted by Crippen LogP contribution is 2.44. The lowest BCUT2D eigenvalue weighted by atomic mass is 9.96. The Balaban J connectivity index is 2.57. The molecular formula is C21H32N3O12PS2. The summed E-state index contributed by atoms with van der Waals surface area (Å²) in [7, 11) is 0. The minimum Gasteiger partial charge on any atom is -0.463 e. The van der Waals surface area contributed by atoms with Gasteiger partial charge in [-0.3, -0.25) is 28.9 Å². The molecule has 220 valence electrons. The van der Waals surface area contributed by atoms with Crippen LogP contribution in [0.3, 0.4) is 0 Å². The van der Waals surface area contributed by atoms with Gasteiger partial charge in [-0.2, -0.15) is 0 Å². The average molecular weight is 614 g/mol. The molecule has 0 aromatic carbocycles. The molecule has 2 heterocycles. The second-order valence-corrected chi connectivity index (χ2v) is 12.1. The molecule has 0 aromatic heterocycles. The molecule has 2 saturated heterocycles. The predicted octanol–water partition coefficient (Wildman–Crippen LogP) is 0.803. The third kappa shape index (κ3) is 9.39. The molecular weight excluding hydrogens is 581 g/mol. The van der Waals surface area contributed by atoms with Crippen LogP contribution < -0.4 is 5.20 Å². The number of hydrogen-bond donors (Lipinski definition) is 1. The zero-order chi connectivity index (χ0) is 29.3. The summed E-state index contributed by atoms with van der Waals surface area (Å²) in [5.74, 6) is -3.61. The molecule has 1 amide bonds. The first-order valence-corrected chi connectivity index (χ1v) is 15.4. The van der Waals surface area contributed by atoms with Crippen molar-refractivity contribution in [3.8, 4) is 0 Å². The number of nitrogens with zero attached hydrogens (tertiary/aromatic N) is 2. The average Bonchev–Trinajstić information content (AvgIpc) is 3.18. The van der Waals surface area contributed by atoms with Crippen LogP contribution in [0.25, 0.3) is 0 Å². The lowest BCUT2D eigenvalue weighted by molar-refractivity contribution is -0.268. The lowest BCUT2D eigenvalue weighted by Crippen LogP contribution is -2.66. The maximum Gasteiger partial charge on any atom is 0.303 e. The Hall–Kier alpha value is -2.30. The van der Waals surface area contributed by atoms with E-state index in [4.69, 9.17) is 44.5 Å². The molecule has 0 aromatic rings. The summed E-state index contributed by atoms with van der Waals surface area (Å²) in [6, 6.07) is 0. The number of hydrogen-bond acceptors (Lipinski definition) is 15. The van der Waals surface area contributed by atoms with Gasteiger partial charge in [-0.25, -0.2) is 5.20 Å². The van der Waals surface area contributed by atoms with E-state index in [2.05, 4.69) is 10.3 Å². The minimum atomic E-state index is -3.05. The summed E-state index contributed by atoms with van der Waals surface area (Å²) in [4.78, 5) is 61.8. The molecule has 0 aliphatic carbocycles. The zero-order valence-electron chi connectivity index (χ0n) is 22.3. The van der Waals surface area contributed by atoms with Crippen molar-refractivity contribution < 1.29 is 56.7 Å². The number of rotatable bonds is 12. The Kier molecular flexibility index (Phi) is 12.6. The summed E-state index contributed by atoms with van der Waals surface area (Å²) in [5, 5.41) is 6.98. The van der Waals surface area contributed by atoms with Gasteiger partial charge in [0.15, 0.2) is 29.7 Å². The first-order chi connectivity index (χ1) is 18.3. The maximum atomic E-state index is 13.1. The van der Waals surface area contributed by atoms with Crippen molar-refractivity contribution in [1.29, 1.82) is 0 Å². The van der Waals surface area contributed by atoms with Gasteiger partial charge >= 0.3 is 30.5 Å². The Morgan fingerprint density at radius 2 is 1.51 bits per heavy atom. The van der Waals surface area contributed by atoms with Gasteiger partial charge in [0, 0.05) is 27.7 Å². The summed E-state index contributed by atoms with van der Waals surface area (Å²) >= 11 is 6.44. The molecule has 0 bridgehead atoms. The molecule has 2 aliphatic rings. The van der Waals surface area contributed by atoms with Crippen molar-refractivity contribution in [3.63, 3.8) is 0 Å². The van der Waals surface area contributed by atoms with Crippen LogP contribution in [0.5, 0.6) is 0 Å². The second-order valence-electron chi connectivity index (χ2n) is 7.97. The van der Waals surface area contributed by atoms with E-state index in [1.54, 1.807) is 13.8 Å². The van der Waals surface area contributed by atoms with Crippen molar-refractivity contribution >= 4 is 65.2 Å². The molecule has 15 nitrogen and oxygen atoms in total. The second kappa shape index (κ2) is 14.9. The molecule has 1 N–H and O–H groups in total. The van der Waals surface area contributed by atoms with Gasteiger partial charge < -0.3 is 32.7 Å². The van der Waals surface area contributed by atoms with E-state index < -0.39 is 73.7 Å². The normalized spacial score (nSPS) is 26.2. The predicted molar refractivity (Wildman–Crippen MR) is 139 cm³/mol. The summed E-state index contributed by atoms with van der Waals surface area (Å²) < 4.78 is 38.4. The van der Waals surface area contributed by atoms with Crippen LogP contribution in [0, 0.1) is 0 Å².